The van der Waals surface area contributed by atoms with Crippen molar-refractivity contribution in [3.63, 3.8) is 0 Å². The summed E-state index contributed by atoms with van der Waals surface area (Å²) in [5, 5.41) is 1.36. The predicted molar refractivity (Wildman–Crippen MR) is 112 cm³/mol. The van der Waals surface area contributed by atoms with Crippen LogP contribution in [0.2, 0.25) is 0 Å². The first-order valence-corrected chi connectivity index (χ1v) is 10.9. The van der Waals surface area contributed by atoms with E-state index in [1.54, 1.807) is 15.3 Å². The van der Waals surface area contributed by atoms with Gasteiger partial charge in [0.2, 0.25) is 0 Å². The number of nitrogens with zero attached hydrogens (tertiary/aromatic N) is 3. The first-order valence-electron chi connectivity index (χ1n) is 10.1. The van der Waals surface area contributed by atoms with E-state index in [9.17, 15) is 0 Å². The Balaban J connectivity index is 1.37. The van der Waals surface area contributed by atoms with Crippen molar-refractivity contribution >= 4 is 27.4 Å². The van der Waals surface area contributed by atoms with E-state index in [2.05, 4.69) is 36.1 Å². The van der Waals surface area contributed by atoms with E-state index < -0.39 is 0 Å². The molecule has 1 saturated heterocycles. The number of thiophene rings is 1. The zero-order chi connectivity index (χ0) is 18.4. The number of anilines is 1. The monoisotopic (exact) mass is 379 g/mol. The van der Waals surface area contributed by atoms with E-state index in [4.69, 9.17) is 9.97 Å². The highest BCUT2D eigenvalue weighted by molar-refractivity contribution is 7.19. The lowest BCUT2D eigenvalue weighted by atomic mass is 10.1. The average Bonchev–Trinajstić information content (AvgIpc) is 3.24. The number of piperazine rings is 1. The molecule has 0 spiro atoms. The first kappa shape index (κ1) is 17.1. The molecule has 0 radical (unpaired) electrons. The molecule has 2 aromatic heterocycles. The molecule has 3 aromatic rings. The van der Waals surface area contributed by atoms with Crippen LogP contribution in [0.5, 0.6) is 0 Å². The highest BCUT2D eigenvalue weighted by atomic mass is 32.1. The molecule has 1 aliphatic carbocycles. The molecule has 1 N–H and O–H groups in total. The molecule has 1 aromatic carbocycles. The highest BCUT2D eigenvalue weighted by Gasteiger charge is 2.27. The van der Waals surface area contributed by atoms with E-state index in [1.807, 2.05) is 18.3 Å². The standard InChI is InChI=1S/C22H26N4S/c1-15-6-3-4-7-17(15)14-25-10-12-26(13-11-25)21-20-18-8-5-9-19(18)27-22(20)24-16(2)23-21/h3-4,6-7H,5,8-14H2,1-2H3/p+1. The molecule has 1 aliphatic heterocycles. The van der Waals surface area contributed by atoms with Crippen LogP contribution in [0.1, 0.15) is 33.8 Å². The predicted octanol–water partition coefficient (Wildman–Crippen LogP) is 2.70. The molecule has 0 atom stereocenters. The zero-order valence-electron chi connectivity index (χ0n) is 16.2. The first-order chi connectivity index (χ1) is 13.2. The summed E-state index contributed by atoms with van der Waals surface area (Å²) >= 11 is 1.90. The number of aryl methyl sites for hydroxylation is 4. The van der Waals surface area contributed by atoms with E-state index in [0.717, 1.165) is 25.5 Å². The second-order valence-corrected chi connectivity index (χ2v) is 9.06. The van der Waals surface area contributed by atoms with Gasteiger partial charge in [0.05, 0.1) is 31.6 Å². The fraction of sp³-hybridized carbons (Fsp3) is 0.455. The Morgan fingerprint density at radius 3 is 2.70 bits per heavy atom. The molecular formula is C22H27N4S+. The Morgan fingerprint density at radius 1 is 1.07 bits per heavy atom. The normalized spacial score (nSPS) is 17.6. The number of benzene rings is 1. The lowest BCUT2D eigenvalue weighted by molar-refractivity contribution is -0.914. The molecule has 27 heavy (non-hydrogen) atoms. The summed E-state index contributed by atoms with van der Waals surface area (Å²) in [6, 6.07) is 8.80. The maximum Gasteiger partial charge on any atom is 0.141 e. The molecule has 5 heteroatoms. The summed E-state index contributed by atoms with van der Waals surface area (Å²) in [5.74, 6) is 2.11. The highest BCUT2D eigenvalue weighted by Crippen LogP contribution is 2.40. The van der Waals surface area contributed by atoms with Crippen LogP contribution in [-0.2, 0) is 19.4 Å². The van der Waals surface area contributed by atoms with Gasteiger partial charge in [-0.1, -0.05) is 24.3 Å². The summed E-state index contributed by atoms with van der Waals surface area (Å²) in [7, 11) is 0. The van der Waals surface area contributed by atoms with Crippen LogP contribution in [0.4, 0.5) is 5.82 Å². The summed E-state index contributed by atoms with van der Waals surface area (Å²) in [6.07, 6.45) is 3.72. The van der Waals surface area contributed by atoms with Gasteiger partial charge in [0.25, 0.3) is 0 Å². The van der Waals surface area contributed by atoms with Gasteiger partial charge in [0.1, 0.15) is 23.0 Å². The fourth-order valence-electron chi connectivity index (χ4n) is 4.60. The van der Waals surface area contributed by atoms with Crippen LogP contribution >= 0.6 is 11.3 Å². The van der Waals surface area contributed by atoms with Crippen LogP contribution in [0.25, 0.3) is 10.2 Å². The molecule has 0 bridgehead atoms. The van der Waals surface area contributed by atoms with Crippen molar-refractivity contribution in [1.29, 1.82) is 0 Å². The van der Waals surface area contributed by atoms with Gasteiger partial charge in [-0.25, -0.2) is 9.97 Å². The smallest absolute Gasteiger partial charge is 0.141 e. The topological polar surface area (TPSA) is 33.5 Å². The number of rotatable bonds is 3. The third-order valence-electron chi connectivity index (χ3n) is 6.13. The second kappa shape index (κ2) is 6.88. The van der Waals surface area contributed by atoms with Gasteiger partial charge >= 0.3 is 0 Å². The largest absolute Gasteiger partial charge is 0.345 e. The minimum absolute atomic E-state index is 0.909. The van der Waals surface area contributed by atoms with Gasteiger partial charge in [-0.15, -0.1) is 11.3 Å². The molecule has 1 fully saturated rings. The quantitative estimate of drug-likeness (QED) is 0.760. The van der Waals surface area contributed by atoms with Crippen molar-refractivity contribution in [3.8, 4) is 0 Å². The minimum Gasteiger partial charge on any atom is -0.345 e. The van der Waals surface area contributed by atoms with Crippen LogP contribution in [-0.4, -0.2) is 36.1 Å². The number of hydrogen-bond acceptors (Lipinski definition) is 4. The SMILES string of the molecule is Cc1nc(N2CC[NH+](Cc3ccccc3C)CC2)c2c3c(sc2n1)CCC3. The van der Waals surface area contributed by atoms with Gasteiger partial charge in [-0.05, 0) is 44.2 Å². The van der Waals surface area contributed by atoms with Crippen molar-refractivity contribution < 1.29 is 4.90 Å². The van der Waals surface area contributed by atoms with Crippen molar-refractivity contribution in [2.75, 3.05) is 31.1 Å². The van der Waals surface area contributed by atoms with Crippen LogP contribution in [0, 0.1) is 13.8 Å². The average molecular weight is 380 g/mol. The molecule has 3 heterocycles. The minimum atomic E-state index is 0.909. The molecule has 0 amide bonds. The molecule has 5 rings (SSSR count). The van der Waals surface area contributed by atoms with E-state index >= 15 is 0 Å². The lowest BCUT2D eigenvalue weighted by Crippen LogP contribution is -3.13. The Hall–Kier alpha value is -1.98. The molecule has 0 unspecified atom stereocenters. The zero-order valence-corrected chi connectivity index (χ0v) is 17.0. The number of hydrogen-bond donors (Lipinski definition) is 1. The van der Waals surface area contributed by atoms with Crippen molar-refractivity contribution in [2.24, 2.45) is 0 Å². The molecule has 2 aliphatic rings. The third kappa shape index (κ3) is 3.13. The van der Waals surface area contributed by atoms with E-state index in [1.165, 1.54) is 59.5 Å². The van der Waals surface area contributed by atoms with Gasteiger partial charge in [0.15, 0.2) is 0 Å². The van der Waals surface area contributed by atoms with Crippen molar-refractivity contribution in [1.82, 2.24) is 9.97 Å². The van der Waals surface area contributed by atoms with Crippen molar-refractivity contribution in [2.45, 2.75) is 39.7 Å². The molecule has 0 saturated carbocycles. The molecular weight excluding hydrogens is 352 g/mol. The van der Waals surface area contributed by atoms with Gasteiger partial charge in [-0.2, -0.15) is 0 Å². The number of quaternary nitrogens is 1. The number of nitrogens with one attached hydrogen (secondary N) is 1. The molecule has 4 nitrogen and oxygen atoms in total. The Bertz CT molecular complexity index is 985. The fourth-order valence-corrected chi connectivity index (χ4v) is 5.90. The number of aromatic nitrogens is 2. The summed E-state index contributed by atoms with van der Waals surface area (Å²) in [4.78, 5) is 16.6. The van der Waals surface area contributed by atoms with Crippen molar-refractivity contribution in [3.05, 3.63) is 51.7 Å². The van der Waals surface area contributed by atoms with E-state index in [-0.39, 0.29) is 0 Å². The number of fused-ring (bicyclic) bond motifs is 3. The van der Waals surface area contributed by atoms with Crippen LogP contribution in [0.3, 0.4) is 0 Å². The van der Waals surface area contributed by atoms with Gasteiger partial charge < -0.3 is 9.80 Å². The summed E-state index contributed by atoms with van der Waals surface area (Å²) in [6.45, 7) is 9.90. The van der Waals surface area contributed by atoms with Crippen LogP contribution in [0.15, 0.2) is 24.3 Å². The van der Waals surface area contributed by atoms with Crippen LogP contribution < -0.4 is 9.80 Å². The Kier molecular flexibility index (Phi) is 4.37. The maximum atomic E-state index is 4.91. The summed E-state index contributed by atoms with van der Waals surface area (Å²) in [5.41, 5.74) is 4.44. The maximum absolute atomic E-state index is 4.91. The van der Waals surface area contributed by atoms with Gasteiger partial charge in [-0.3, -0.25) is 0 Å². The van der Waals surface area contributed by atoms with Gasteiger partial charge in [0, 0.05) is 10.4 Å². The Morgan fingerprint density at radius 2 is 1.89 bits per heavy atom. The Labute approximate surface area is 164 Å². The second-order valence-electron chi connectivity index (χ2n) is 7.97. The van der Waals surface area contributed by atoms with E-state index in [0.29, 0.717) is 0 Å². The third-order valence-corrected chi connectivity index (χ3v) is 7.31. The lowest BCUT2D eigenvalue weighted by Gasteiger charge is -2.33. The molecule has 140 valence electrons. The summed E-state index contributed by atoms with van der Waals surface area (Å²) < 4.78 is 0.